The number of ether oxygens (including phenoxy) is 2. The van der Waals surface area contributed by atoms with Crippen LogP contribution in [0.15, 0.2) is 0 Å². The highest BCUT2D eigenvalue weighted by molar-refractivity contribution is 5.78. The lowest BCUT2D eigenvalue weighted by Crippen LogP contribution is -2.46. The van der Waals surface area contributed by atoms with Crippen molar-refractivity contribution in [2.24, 2.45) is 0 Å². The van der Waals surface area contributed by atoms with Crippen LogP contribution >= 0.6 is 0 Å². The second kappa shape index (κ2) is 7.19. The number of carbonyl (C=O) groups is 2. The molecule has 6 heteroatoms. The first-order valence-corrected chi connectivity index (χ1v) is 5.11. The maximum atomic E-state index is 11.1. The van der Waals surface area contributed by atoms with Crippen LogP contribution in [0, 0.1) is 0 Å². The first-order valence-electron chi connectivity index (χ1n) is 5.11. The molecule has 0 amide bonds. The Hall–Kier alpha value is -1.14. The van der Waals surface area contributed by atoms with Crippen molar-refractivity contribution in [2.75, 3.05) is 26.8 Å². The average Bonchev–Trinajstić information content (AvgIpc) is 2.23. The summed E-state index contributed by atoms with van der Waals surface area (Å²) in [5, 5.41) is 12.4. The molecule has 94 valence electrons. The Morgan fingerprint density at radius 2 is 2.06 bits per heavy atom. The Labute approximate surface area is 94.9 Å². The van der Waals surface area contributed by atoms with Gasteiger partial charge in [0.05, 0.1) is 20.1 Å². The van der Waals surface area contributed by atoms with Crippen molar-refractivity contribution < 1.29 is 24.2 Å². The van der Waals surface area contributed by atoms with Gasteiger partial charge in [-0.25, -0.2) is 4.79 Å². The summed E-state index contributed by atoms with van der Waals surface area (Å²) in [5.41, 5.74) is -1.58. The molecule has 0 bridgehead atoms. The zero-order chi connectivity index (χ0) is 12.6. The zero-order valence-corrected chi connectivity index (χ0v) is 9.91. The molecule has 0 aromatic heterocycles. The molecule has 6 nitrogen and oxygen atoms in total. The van der Waals surface area contributed by atoms with E-state index in [1.807, 2.05) is 0 Å². The normalized spacial score (nSPS) is 14.0. The standard InChI is InChI=1S/C10H19NO5/c1-4-16-8(12)5-6-11-7-10(2,14)9(13)15-3/h11,14H,4-7H2,1-3H3. The van der Waals surface area contributed by atoms with Gasteiger partial charge in [0.25, 0.3) is 0 Å². The molecule has 0 aliphatic rings. The highest BCUT2D eigenvalue weighted by atomic mass is 16.5. The number of carbonyl (C=O) groups excluding carboxylic acids is 2. The van der Waals surface area contributed by atoms with E-state index in [9.17, 15) is 14.7 Å². The Kier molecular flexibility index (Phi) is 6.67. The largest absolute Gasteiger partial charge is 0.467 e. The van der Waals surface area contributed by atoms with Gasteiger partial charge in [0.1, 0.15) is 0 Å². The van der Waals surface area contributed by atoms with Crippen molar-refractivity contribution in [3.05, 3.63) is 0 Å². The van der Waals surface area contributed by atoms with Crippen molar-refractivity contribution in [1.82, 2.24) is 5.32 Å². The van der Waals surface area contributed by atoms with Gasteiger partial charge in [-0.1, -0.05) is 0 Å². The lowest BCUT2D eigenvalue weighted by Gasteiger charge is -2.20. The minimum Gasteiger partial charge on any atom is -0.467 e. The van der Waals surface area contributed by atoms with Crippen LogP contribution in [0.2, 0.25) is 0 Å². The number of hydrogen-bond acceptors (Lipinski definition) is 6. The lowest BCUT2D eigenvalue weighted by molar-refractivity contribution is -0.159. The molecule has 0 aromatic rings. The summed E-state index contributed by atoms with van der Waals surface area (Å²) < 4.78 is 9.12. The smallest absolute Gasteiger partial charge is 0.338 e. The lowest BCUT2D eigenvalue weighted by atomic mass is 10.1. The number of aliphatic hydroxyl groups is 1. The molecule has 0 saturated carbocycles. The molecule has 0 radical (unpaired) electrons. The molecular weight excluding hydrogens is 214 g/mol. The fourth-order valence-corrected chi connectivity index (χ4v) is 1.05. The molecule has 1 unspecified atom stereocenters. The van der Waals surface area contributed by atoms with Crippen LogP contribution in [-0.4, -0.2) is 49.5 Å². The number of esters is 2. The van der Waals surface area contributed by atoms with Crippen molar-refractivity contribution in [3.63, 3.8) is 0 Å². The van der Waals surface area contributed by atoms with Crippen LogP contribution < -0.4 is 5.32 Å². The fraction of sp³-hybridized carbons (Fsp3) is 0.800. The topological polar surface area (TPSA) is 84.9 Å². The van der Waals surface area contributed by atoms with Crippen molar-refractivity contribution in [1.29, 1.82) is 0 Å². The summed E-state index contributed by atoms with van der Waals surface area (Å²) in [7, 11) is 1.20. The Balaban J connectivity index is 3.73. The predicted molar refractivity (Wildman–Crippen MR) is 56.8 cm³/mol. The molecule has 0 aliphatic heterocycles. The van der Waals surface area contributed by atoms with Crippen molar-refractivity contribution in [2.45, 2.75) is 25.9 Å². The second-order valence-electron chi connectivity index (χ2n) is 3.50. The van der Waals surface area contributed by atoms with Gasteiger partial charge < -0.3 is 19.9 Å². The van der Waals surface area contributed by atoms with Crippen molar-refractivity contribution in [3.8, 4) is 0 Å². The summed E-state index contributed by atoms with van der Waals surface area (Å²) in [4.78, 5) is 22.0. The Morgan fingerprint density at radius 3 is 2.56 bits per heavy atom. The fourth-order valence-electron chi connectivity index (χ4n) is 1.05. The molecule has 0 spiro atoms. The summed E-state index contributed by atoms with van der Waals surface area (Å²) in [6.45, 7) is 3.79. The average molecular weight is 233 g/mol. The first-order chi connectivity index (χ1) is 7.44. The zero-order valence-electron chi connectivity index (χ0n) is 9.91. The summed E-state index contributed by atoms with van der Waals surface area (Å²) >= 11 is 0. The van der Waals surface area contributed by atoms with E-state index < -0.39 is 11.6 Å². The molecule has 0 heterocycles. The highest BCUT2D eigenvalue weighted by Crippen LogP contribution is 2.03. The van der Waals surface area contributed by atoms with Crippen LogP contribution in [0.3, 0.4) is 0 Å². The third-order valence-electron chi connectivity index (χ3n) is 1.91. The highest BCUT2D eigenvalue weighted by Gasteiger charge is 2.30. The van der Waals surface area contributed by atoms with E-state index in [1.54, 1.807) is 6.92 Å². The molecular formula is C10H19NO5. The quantitative estimate of drug-likeness (QED) is 0.453. The van der Waals surface area contributed by atoms with E-state index in [1.165, 1.54) is 14.0 Å². The molecule has 16 heavy (non-hydrogen) atoms. The molecule has 0 rings (SSSR count). The van der Waals surface area contributed by atoms with Gasteiger partial charge >= 0.3 is 11.9 Å². The van der Waals surface area contributed by atoms with Crippen LogP contribution in [0.5, 0.6) is 0 Å². The van der Waals surface area contributed by atoms with E-state index in [-0.39, 0.29) is 18.9 Å². The number of methoxy groups -OCH3 is 1. The number of nitrogens with one attached hydrogen (secondary N) is 1. The maximum Gasteiger partial charge on any atom is 0.338 e. The monoisotopic (exact) mass is 233 g/mol. The minimum absolute atomic E-state index is 0.0269. The third-order valence-corrected chi connectivity index (χ3v) is 1.91. The van der Waals surface area contributed by atoms with Crippen molar-refractivity contribution >= 4 is 11.9 Å². The third kappa shape index (κ3) is 5.67. The van der Waals surface area contributed by atoms with Gasteiger partial charge in [-0.2, -0.15) is 0 Å². The summed E-state index contributed by atoms with van der Waals surface area (Å²) in [6.07, 6.45) is 0.199. The first kappa shape index (κ1) is 14.9. The molecule has 1 atom stereocenters. The van der Waals surface area contributed by atoms with Crippen LogP contribution in [0.25, 0.3) is 0 Å². The van der Waals surface area contributed by atoms with Gasteiger partial charge in [0, 0.05) is 13.1 Å². The molecule has 0 fully saturated rings. The predicted octanol–water partition coefficient (Wildman–Crippen LogP) is -0.547. The van der Waals surface area contributed by atoms with Crippen LogP contribution in [0.4, 0.5) is 0 Å². The molecule has 0 saturated heterocycles. The van der Waals surface area contributed by atoms with E-state index in [0.29, 0.717) is 13.2 Å². The van der Waals surface area contributed by atoms with Gasteiger partial charge in [0.2, 0.25) is 0 Å². The van der Waals surface area contributed by atoms with E-state index in [0.717, 1.165) is 0 Å². The molecule has 0 aromatic carbocycles. The molecule has 0 aliphatic carbocycles. The second-order valence-corrected chi connectivity index (χ2v) is 3.50. The number of hydrogen-bond donors (Lipinski definition) is 2. The SMILES string of the molecule is CCOC(=O)CCNCC(C)(O)C(=O)OC. The van der Waals surface area contributed by atoms with E-state index in [4.69, 9.17) is 4.74 Å². The van der Waals surface area contributed by atoms with Gasteiger partial charge in [-0.3, -0.25) is 4.79 Å². The maximum absolute atomic E-state index is 11.1. The Morgan fingerprint density at radius 1 is 1.44 bits per heavy atom. The van der Waals surface area contributed by atoms with Gasteiger partial charge in [0.15, 0.2) is 5.60 Å². The van der Waals surface area contributed by atoms with Crippen LogP contribution in [-0.2, 0) is 19.1 Å². The van der Waals surface area contributed by atoms with Gasteiger partial charge in [-0.05, 0) is 13.8 Å². The summed E-state index contributed by atoms with van der Waals surface area (Å²) in [6, 6.07) is 0. The van der Waals surface area contributed by atoms with Crippen LogP contribution in [0.1, 0.15) is 20.3 Å². The molecule has 2 N–H and O–H groups in total. The number of rotatable bonds is 7. The van der Waals surface area contributed by atoms with E-state index >= 15 is 0 Å². The summed E-state index contributed by atoms with van der Waals surface area (Å²) in [5.74, 6) is -1.02. The Bertz CT molecular complexity index is 239. The van der Waals surface area contributed by atoms with Gasteiger partial charge in [-0.15, -0.1) is 0 Å². The minimum atomic E-state index is -1.58. The van der Waals surface area contributed by atoms with E-state index in [2.05, 4.69) is 10.1 Å².